The molecule has 0 aromatic heterocycles. The number of nitrogens with zero attached hydrogens (tertiary/aromatic N) is 1. The molecule has 174 valence electrons. The number of benzene rings is 3. The molecule has 0 radical (unpaired) electrons. The van der Waals surface area contributed by atoms with Crippen LogP contribution in [0.15, 0.2) is 83.8 Å². The van der Waals surface area contributed by atoms with E-state index in [-0.39, 0.29) is 29.9 Å². The molecule has 0 bridgehead atoms. The lowest BCUT2D eigenvalue weighted by atomic mass is 10.1. The number of hydrogen-bond acceptors (Lipinski definition) is 3. The summed E-state index contributed by atoms with van der Waals surface area (Å²) in [6, 6.07) is 23.5. The molecule has 0 aliphatic carbocycles. The maximum Gasteiger partial charge on any atom is 0.243 e. The first kappa shape index (κ1) is 25.0. The summed E-state index contributed by atoms with van der Waals surface area (Å²) < 4.78 is 27.9. The Morgan fingerprint density at radius 1 is 0.939 bits per heavy atom. The number of amides is 1. The van der Waals surface area contributed by atoms with E-state index < -0.39 is 10.0 Å². The van der Waals surface area contributed by atoms with Crippen molar-refractivity contribution in [1.82, 2.24) is 9.62 Å². The molecule has 3 aromatic carbocycles. The zero-order chi connectivity index (χ0) is 23.8. The molecule has 0 saturated heterocycles. The van der Waals surface area contributed by atoms with Crippen molar-refractivity contribution in [3.8, 4) is 0 Å². The molecular weight excluding hydrogens is 456 g/mol. The van der Waals surface area contributed by atoms with Crippen molar-refractivity contribution in [2.24, 2.45) is 0 Å². The number of carbonyl (C=O) groups is 1. The minimum Gasteiger partial charge on any atom is -0.352 e. The van der Waals surface area contributed by atoms with Crippen molar-refractivity contribution in [2.45, 2.75) is 44.2 Å². The van der Waals surface area contributed by atoms with Gasteiger partial charge in [-0.3, -0.25) is 4.79 Å². The first-order chi connectivity index (χ1) is 15.7. The van der Waals surface area contributed by atoms with Gasteiger partial charge in [0.25, 0.3) is 0 Å². The second-order valence-corrected chi connectivity index (χ2v) is 10.6. The molecule has 3 rings (SSSR count). The number of rotatable bonds is 10. The van der Waals surface area contributed by atoms with Gasteiger partial charge in [0, 0.05) is 17.6 Å². The summed E-state index contributed by atoms with van der Waals surface area (Å²) in [5.41, 5.74) is 3.09. The van der Waals surface area contributed by atoms with Gasteiger partial charge in [-0.05, 0) is 62.1 Å². The molecule has 0 aliphatic heterocycles. The molecule has 0 spiro atoms. The summed E-state index contributed by atoms with van der Waals surface area (Å²) in [6.45, 7) is 3.72. The molecular formula is C26H29ClN2O3S. The molecule has 1 N–H and O–H groups in total. The van der Waals surface area contributed by atoms with Gasteiger partial charge in [-0.15, -0.1) is 0 Å². The fourth-order valence-corrected chi connectivity index (χ4v) is 4.97. The lowest BCUT2D eigenvalue weighted by molar-refractivity contribution is -0.122. The van der Waals surface area contributed by atoms with E-state index in [2.05, 4.69) is 17.4 Å². The van der Waals surface area contributed by atoms with Crippen LogP contribution in [0.1, 0.15) is 30.0 Å². The molecule has 33 heavy (non-hydrogen) atoms. The van der Waals surface area contributed by atoms with E-state index in [9.17, 15) is 13.2 Å². The Labute approximate surface area is 201 Å². The van der Waals surface area contributed by atoms with Crippen LogP contribution in [0.3, 0.4) is 0 Å². The largest absolute Gasteiger partial charge is 0.352 e. The SMILES string of the molecule is Cc1ccc(CN(CC(=O)N[C@@H](C)CCc2ccccc2)S(=O)(=O)c2ccc(Cl)cc2)cc1. The molecule has 5 nitrogen and oxygen atoms in total. The van der Waals surface area contributed by atoms with Gasteiger partial charge in [0.05, 0.1) is 11.4 Å². The van der Waals surface area contributed by atoms with Crippen LogP contribution < -0.4 is 5.32 Å². The van der Waals surface area contributed by atoms with Crippen LogP contribution in [0.25, 0.3) is 0 Å². The third-order valence-corrected chi connectivity index (χ3v) is 7.43. The van der Waals surface area contributed by atoms with E-state index in [1.54, 1.807) is 0 Å². The normalized spacial score (nSPS) is 12.5. The van der Waals surface area contributed by atoms with Crippen molar-refractivity contribution in [3.05, 3.63) is 101 Å². The molecule has 1 atom stereocenters. The smallest absolute Gasteiger partial charge is 0.243 e. The highest BCUT2D eigenvalue weighted by Gasteiger charge is 2.27. The molecule has 0 saturated carbocycles. The van der Waals surface area contributed by atoms with Crippen LogP contribution in [0, 0.1) is 6.92 Å². The number of carbonyl (C=O) groups excluding carboxylic acids is 1. The Bertz CT molecular complexity index is 1150. The maximum atomic E-state index is 13.3. The van der Waals surface area contributed by atoms with E-state index in [1.165, 1.54) is 34.1 Å². The third-order valence-electron chi connectivity index (χ3n) is 5.37. The van der Waals surface area contributed by atoms with E-state index in [0.717, 1.165) is 24.0 Å². The fourth-order valence-electron chi connectivity index (χ4n) is 3.46. The van der Waals surface area contributed by atoms with Gasteiger partial charge in [0.15, 0.2) is 0 Å². The number of sulfonamides is 1. The van der Waals surface area contributed by atoms with Crippen LogP contribution in [0.4, 0.5) is 0 Å². The molecule has 0 fully saturated rings. The number of aryl methyl sites for hydroxylation is 2. The van der Waals surface area contributed by atoms with Gasteiger partial charge in [-0.1, -0.05) is 71.8 Å². The molecule has 0 aliphatic rings. The average Bonchev–Trinajstić information content (AvgIpc) is 2.79. The third kappa shape index (κ3) is 7.42. The summed E-state index contributed by atoms with van der Waals surface area (Å²) in [4.78, 5) is 12.9. The van der Waals surface area contributed by atoms with Gasteiger partial charge < -0.3 is 5.32 Å². The summed E-state index contributed by atoms with van der Waals surface area (Å²) in [5.74, 6) is -0.333. The first-order valence-corrected chi connectivity index (χ1v) is 12.7. The fraction of sp³-hybridized carbons (Fsp3) is 0.269. The van der Waals surface area contributed by atoms with Gasteiger partial charge in [-0.2, -0.15) is 4.31 Å². The summed E-state index contributed by atoms with van der Waals surface area (Å²) in [7, 11) is -3.90. The lowest BCUT2D eigenvalue weighted by Crippen LogP contribution is -2.43. The van der Waals surface area contributed by atoms with Gasteiger partial charge in [0.2, 0.25) is 15.9 Å². The minimum absolute atomic E-state index is 0.0860. The molecule has 7 heteroatoms. The lowest BCUT2D eigenvalue weighted by Gasteiger charge is -2.23. The van der Waals surface area contributed by atoms with Gasteiger partial charge in [-0.25, -0.2) is 8.42 Å². The van der Waals surface area contributed by atoms with Crippen LogP contribution in [-0.2, 0) is 27.8 Å². The van der Waals surface area contributed by atoms with Crippen molar-refractivity contribution in [3.63, 3.8) is 0 Å². The van der Waals surface area contributed by atoms with Gasteiger partial charge in [0.1, 0.15) is 0 Å². The van der Waals surface area contributed by atoms with Crippen LogP contribution >= 0.6 is 11.6 Å². The summed E-state index contributed by atoms with van der Waals surface area (Å²) in [6.07, 6.45) is 1.59. The summed E-state index contributed by atoms with van der Waals surface area (Å²) >= 11 is 5.93. The standard InChI is InChI=1S/C26H29ClN2O3S/c1-20-8-11-23(12-9-20)18-29(33(31,32)25-16-14-24(27)15-17-25)19-26(30)28-21(2)10-13-22-6-4-3-5-7-22/h3-9,11-12,14-17,21H,10,13,18-19H2,1-2H3,(H,28,30)/t21-/m0/s1. The van der Waals surface area contributed by atoms with Crippen molar-refractivity contribution >= 4 is 27.5 Å². The highest BCUT2D eigenvalue weighted by atomic mass is 35.5. The highest BCUT2D eigenvalue weighted by molar-refractivity contribution is 7.89. The molecule has 0 heterocycles. The van der Waals surface area contributed by atoms with E-state index >= 15 is 0 Å². The maximum absolute atomic E-state index is 13.3. The van der Waals surface area contributed by atoms with E-state index in [1.807, 2.05) is 56.3 Å². The van der Waals surface area contributed by atoms with E-state index in [0.29, 0.717) is 5.02 Å². The topological polar surface area (TPSA) is 66.5 Å². The quantitative estimate of drug-likeness (QED) is 0.441. The Morgan fingerprint density at radius 2 is 1.58 bits per heavy atom. The number of hydrogen-bond donors (Lipinski definition) is 1. The van der Waals surface area contributed by atoms with Gasteiger partial charge >= 0.3 is 0 Å². The highest BCUT2D eigenvalue weighted by Crippen LogP contribution is 2.21. The molecule has 1 amide bonds. The molecule has 0 unspecified atom stereocenters. The van der Waals surface area contributed by atoms with Crippen molar-refractivity contribution < 1.29 is 13.2 Å². The Hall–Kier alpha value is -2.67. The first-order valence-electron chi connectivity index (χ1n) is 10.9. The monoisotopic (exact) mass is 484 g/mol. The predicted octanol–water partition coefficient (Wildman–Crippen LogP) is 4.98. The number of nitrogens with one attached hydrogen (secondary N) is 1. The van der Waals surface area contributed by atoms with E-state index in [4.69, 9.17) is 11.6 Å². The van der Waals surface area contributed by atoms with Crippen LogP contribution in [0.5, 0.6) is 0 Å². The van der Waals surface area contributed by atoms with Crippen LogP contribution in [0.2, 0.25) is 5.02 Å². The second-order valence-electron chi connectivity index (χ2n) is 8.21. The zero-order valence-electron chi connectivity index (χ0n) is 18.9. The summed E-state index contributed by atoms with van der Waals surface area (Å²) in [5, 5.41) is 3.39. The Kier molecular flexibility index (Phi) is 8.67. The number of halogens is 1. The van der Waals surface area contributed by atoms with Crippen molar-refractivity contribution in [2.75, 3.05) is 6.54 Å². The Morgan fingerprint density at radius 3 is 2.21 bits per heavy atom. The zero-order valence-corrected chi connectivity index (χ0v) is 20.4. The average molecular weight is 485 g/mol. The predicted molar refractivity (Wildman–Crippen MR) is 133 cm³/mol. The second kappa shape index (κ2) is 11.5. The van der Waals surface area contributed by atoms with Crippen molar-refractivity contribution in [1.29, 1.82) is 0 Å². The van der Waals surface area contributed by atoms with Crippen LogP contribution in [-0.4, -0.2) is 31.2 Å². The molecule has 3 aromatic rings. The Balaban J connectivity index is 1.72. The minimum atomic E-state index is -3.90.